The maximum absolute atomic E-state index is 14.6. The second-order valence-electron chi connectivity index (χ2n) is 9.60. The van der Waals surface area contributed by atoms with Gasteiger partial charge in [-0.1, -0.05) is 48.9 Å². The predicted molar refractivity (Wildman–Crippen MR) is 134 cm³/mol. The van der Waals surface area contributed by atoms with Crippen LogP contribution in [-0.2, 0) is 11.3 Å². The van der Waals surface area contributed by atoms with Gasteiger partial charge < -0.3 is 19.3 Å². The minimum atomic E-state index is -3.38. The van der Waals surface area contributed by atoms with E-state index in [1.807, 2.05) is 30.3 Å². The lowest BCUT2D eigenvalue weighted by Gasteiger charge is -2.33. The summed E-state index contributed by atoms with van der Waals surface area (Å²) in [5, 5.41) is 0.0594. The number of carbonyl (C=O) groups excluding carboxylic acids is 2. The fourth-order valence-electron chi connectivity index (χ4n) is 4.41. The number of hydrogen-bond donors (Lipinski definition) is 0. The number of ether oxygens (including phenoxy) is 2. The maximum Gasteiger partial charge on any atom is 0.410 e. The van der Waals surface area contributed by atoms with Gasteiger partial charge in [-0.05, 0) is 54.9 Å². The van der Waals surface area contributed by atoms with Crippen molar-refractivity contribution in [3.05, 3.63) is 64.7 Å². The number of amides is 2. The summed E-state index contributed by atoms with van der Waals surface area (Å²) in [6.45, 7) is 3.11. The Morgan fingerprint density at radius 3 is 2.42 bits per heavy atom. The van der Waals surface area contributed by atoms with Crippen LogP contribution >= 0.6 is 11.6 Å². The highest BCUT2D eigenvalue weighted by molar-refractivity contribution is 6.34. The third kappa shape index (κ3) is 8.08. The van der Waals surface area contributed by atoms with Gasteiger partial charge in [-0.25, -0.2) is 4.79 Å². The van der Waals surface area contributed by atoms with E-state index in [0.717, 1.165) is 18.4 Å². The molecule has 36 heavy (non-hydrogen) atoms. The number of halogens is 3. The summed E-state index contributed by atoms with van der Waals surface area (Å²) in [4.78, 5) is 27.4. The molecule has 0 saturated carbocycles. The normalized spacial score (nSPS) is 15.3. The third-order valence-corrected chi connectivity index (χ3v) is 6.56. The van der Waals surface area contributed by atoms with Gasteiger partial charge in [0, 0.05) is 27.2 Å². The van der Waals surface area contributed by atoms with Crippen molar-refractivity contribution in [2.75, 3.05) is 27.2 Å². The second-order valence-corrected chi connectivity index (χ2v) is 10.0. The zero-order valence-corrected chi connectivity index (χ0v) is 21.6. The summed E-state index contributed by atoms with van der Waals surface area (Å²) >= 11 is 6.11. The molecular formula is C27H33ClF2N2O4. The first-order valence-electron chi connectivity index (χ1n) is 12.1. The first-order valence-corrected chi connectivity index (χ1v) is 12.5. The molecule has 3 rings (SSSR count). The summed E-state index contributed by atoms with van der Waals surface area (Å²) < 4.78 is 39.6. The number of hydrogen-bond acceptors (Lipinski definition) is 4. The van der Waals surface area contributed by atoms with Gasteiger partial charge >= 0.3 is 12.2 Å². The van der Waals surface area contributed by atoms with Gasteiger partial charge in [0.1, 0.15) is 12.4 Å². The Hall–Kier alpha value is -2.87. The zero-order chi connectivity index (χ0) is 26.3. The molecule has 1 saturated heterocycles. The summed E-state index contributed by atoms with van der Waals surface area (Å²) in [7, 11) is 3.17. The van der Waals surface area contributed by atoms with Crippen molar-refractivity contribution in [2.45, 2.75) is 45.3 Å². The molecule has 1 unspecified atom stereocenters. The van der Waals surface area contributed by atoms with Crippen molar-refractivity contribution in [3.63, 3.8) is 0 Å². The molecule has 0 spiro atoms. The standard InChI is InChI=1S/C27H33ClF2N2O4/c1-19(17-27(29,30)36-22-9-10-23(24(28)16-22)25(33)31(2)3)15-20-11-13-32(14-12-20)26(34)35-18-21-7-5-4-6-8-21/h4-10,16,19-20H,11-15,17-18H2,1-3H3. The molecule has 1 heterocycles. The zero-order valence-electron chi connectivity index (χ0n) is 20.9. The second kappa shape index (κ2) is 12.4. The van der Waals surface area contributed by atoms with E-state index in [2.05, 4.69) is 0 Å². The highest BCUT2D eigenvalue weighted by atomic mass is 35.5. The number of carbonyl (C=O) groups is 2. The molecule has 0 N–H and O–H groups in total. The minimum Gasteiger partial charge on any atom is -0.445 e. The van der Waals surface area contributed by atoms with Crippen LogP contribution in [0.3, 0.4) is 0 Å². The lowest BCUT2D eigenvalue weighted by molar-refractivity contribution is -0.188. The number of likely N-dealkylation sites (tertiary alicyclic amines) is 1. The van der Waals surface area contributed by atoms with Crippen LogP contribution in [0, 0.1) is 11.8 Å². The minimum absolute atomic E-state index is 0.0594. The SMILES string of the molecule is CC(CC1CCN(C(=O)OCc2ccccc2)CC1)CC(F)(F)Oc1ccc(C(=O)N(C)C)c(Cl)c1. The Morgan fingerprint density at radius 2 is 1.81 bits per heavy atom. The van der Waals surface area contributed by atoms with Gasteiger partial charge in [-0.2, -0.15) is 8.78 Å². The molecule has 2 aromatic rings. The molecule has 0 radical (unpaired) electrons. The smallest absolute Gasteiger partial charge is 0.410 e. The van der Waals surface area contributed by atoms with Gasteiger partial charge in [-0.15, -0.1) is 0 Å². The van der Waals surface area contributed by atoms with Gasteiger partial charge in [0.15, 0.2) is 0 Å². The Labute approximate surface area is 216 Å². The van der Waals surface area contributed by atoms with Crippen LogP contribution in [0.1, 0.15) is 48.5 Å². The van der Waals surface area contributed by atoms with E-state index in [0.29, 0.717) is 19.5 Å². The van der Waals surface area contributed by atoms with Gasteiger partial charge in [0.2, 0.25) is 0 Å². The largest absolute Gasteiger partial charge is 0.445 e. The van der Waals surface area contributed by atoms with Crippen molar-refractivity contribution in [1.82, 2.24) is 9.80 Å². The molecule has 0 bridgehead atoms. The first kappa shape index (κ1) is 27.7. The van der Waals surface area contributed by atoms with Crippen molar-refractivity contribution in [1.29, 1.82) is 0 Å². The maximum atomic E-state index is 14.6. The number of piperidine rings is 1. The van der Waals surface area contributed by atoms with Gasteiger partial charge in [-0.3, -0.25) is 4.79 Å². The topological polar surface area (TPSA) is 59.1 Å². The number of alkyl halides is 2. The van der Waals surface area contributed by atoms with E-state index in [1.165, 1.54) is 23.1 Å². The van der Waals surface area contributed by atoms with Crippen molar-refractivity contribution in [3.8, 4) is 5.75 Å². The molecule has 1 aliphatic rings. The molecule has 1 atom stereocenters. The molecule has 2 aromatic carbocycles. The van der Waals surface area contributed by atoms with E-state index in [4.69, 9.17) is 21.1 Å². The Bertz CT molecular complexity index is 1030. The van der Waals surface area contributed by atoms with Crippen LogP contribution in [0.15, 0.2) is 48.5 Å². The van der Waals surface area contributed by atoms with Crippen molar-refractivity contribution < 1.29 is 27.8 Å². The molecule has 9 heteroatoms. The number of rotatable bonds is 9. The van der Waals surface area contributed by atoms with E-state index in [9.17, 15) is 18.4 Å². The van der Waals surface area contributed by atoms with E-state index >= 15 is 0 Å². The summed E-state index contributed by atoms with van der Waals surface area (Å²) in [5.41, 5.74) is 1.15. The summed E-state index contributed by atoms with van der Waals surface area (Å²) in [6, 6.07) is 13.4. The lowest BCUT2D eigenvalue weighted by Crippen LogP contribution is -2.39. The molecule has 6 nitrogen and oxygen atoms in total. The summed E-state index contributed by atoms with van der Waals surface area (Å²) in [5.74, 6) is -0.441. The van der Waals surface area contributed by atoms with E-state index < -0.39 is 12.5 Å². The van der Waals surface area contributed by atoms with E-state index in [-0.39, 0.29) is 46.8 Å². The lowest BCUT2D eigenvalue weighted by atomic mass is 9.86. The Balaban J connectivity index is 1.43. The van der Waals surface area contributed by atoms with Gasteiger partial charge in [0.25, 0.3) is 5.91 Å². The van der Waals surface area contributed by atoms with Crippen molar-refractivity contribution in [2.24, 2.45) is 11.8 Å². The highest BCUT2D eigenvalue weighted by Crippen LogP contribution is 2.34. The van der Waals surface area contributed by atoms with Gasteiger partial charge in [0.05, 0.1) is 17.0 Å². The third-order valence-electron chi connectivity index (χ3n) is 6.24. The van der Waals surface area contributed by atoms with Crippen LogP contribution in [0.25, 0.3) is 0 Å². The molecule has 2 amide bonds. The number of nitrogens with zero attached hydrogens (tertiary/aromatic N) is 2. The molecule has 1 aliphatic heterocycles. The quantitative estimate of drug-likeness (QED) is 0.378. The molecule has 0 aromatic heterocycles. The van der Waals surface area contributed by atoms with Crippen molar-refractivity contribution >= 4 is 23.6 Å². The Kier molecular flexibility index (Phi) is 9.54. The fraction of sp³-hybridized carbons (Fsp3) is 0.481. The highest BCUT2D eigenvalue weighted by Gasteiger charge is 2.35. The monoisotopic (exact) mass is 522 g/mol. The van der Waals surface area contributed by atoms with Crippen LogP contribution < -0.4 is 4.74 Å². The molecule has 1 fully saturated rings. The predicted octanol–water partition coefficient (Wildman–Crippen LogP) is 6.48. The summed E-state index contributed by atoms with van der Waals surface area (Å²) in [6.07, 6.45) is -2.06. The fourth-order valence-corrected chi connectivity index (χ4v) is 4.66. The molecular weight excluding hydrogens is 490 g/mol. The van der Waals surface area contributed by atoms with Crippen LogP contribution in [0.4, 0.5) is 13.6 Å². The van der Waals surface area contributed by atoms with Crippen LogP contribution in [0.5, 0.6) is 5.75 Å². The van der Waals surface area contributed by atoms with Crippen LogP contribution in [0.2, 0.25) is 5.02 Å². The molecule has 0 aliphatic carbocycles. The van der Waals surface area contributed by atoms with E-state index in [1.54, 1.807) is 25.9 Å². The Morgan fingerprint density at radius 1 is 1.14 bits per heavy atom. The van der Waals surface area contributed by atoms with Crippen LogP contribution in [-0.4, -0.2) is 55.1 Å². The number of benzene rings is 2. The molecule has 196 valence electrons. The average molecular weight is 523 g/mol. The first-order chi connectivity index (χ1) is 17.0. The average Bonchev–Trinajstić information content (AvgIpc) is 2.82.